The van der Waals surface area contributed by atoms with Crippen LogP contribution in [0.3, 0.4) is 0 Å². The van der Waals surface area contributed by atoms with Gasteiger partial charge in [0, 0.05) is 17.7 Å². The summed E-state index contributed by atoms with van der Waals surface area (Å²) in [6.45, 7) is 4.38. The van der Waals surface area contributed by atoms with Crippen molar-refractivity contribution in [2.45, 2.75) is 25.7 Å². The van der Waals surface area contributed by atoms with Crippen molar-refractivity contribution in [2.24, 2.45) is 0 Å². The minimum Gasteiger partial charge on any atom is -0.436 e. The van der Waals surface area contributed by atoms with E-state index in [2.05, 4.69) is 25.4 Å². The molecule has 5 rings (SSSR count). The average molecular weight is 403 g/mol. The number of hydrogen-bond acceptors (Lipinski definition) is 7. The molecule has 7 nitrogen and oxygen atoms in total. The van der Waals surface area contributed by atoms with Crippen LogP contribution >= 0.6 is 0 Å². The fraction of sp³-hybridized carbons (Fsp3) is 0.348. The monoisotopic (exact) mass is 403 g/mol. The largest absolute Gasteiger partial charge is 0.436 e. The Labute approximate surface area is 175 Å². The first-order chi connectivity index (χ1) is 14.8. The first-order valence-electron chi connectivity index (χ1n) is 10.6. The minimum atomic E-state index is 0.450. The predicted molar refractivity (Wildman–Crippen MR) is 116 cm³/mol. The van der Waals surface area contributed by atoms with E-state index >= 15 is 0 Å². The SMILES string of the molecule is c1ccc(-c2nc3ccc(-c4nnc(NCCCN5CCCCC5)o4)cc3o2)cc1. The fourth-order valence-corrected chi connectivity index (χ4v) is 3.85. The van der Waals surface area contributed by atoms with Crippen LogP contribution in [0.1, 0.15) is 25.7 Å². The van der Waals surface area contributed by atoms with Crippen molar-refractivity contribution in [1.82, 2.24) is 20.1 Å². The molecular weight excluding hydrogens is 378 g/mol. The molecular formula is C23H25N5O2. The van der Waals surface area contributed by atoms with Gasteiger partial charge >= 0.3 is 6.01 Å². The molecule has 0 bridgehead atoms. The van der Waals surface area contributed by atoms with E-state index in [0.29, 0.717) is 23.4 Å². The normalized spacial score (nSPS) is 14.9. The Morgan fingerprint density at radius 2 is 1.73 bits per heavy atom. The summed E-state index contributed by atoms with van der Waals surface area (Å²) in [5.41, 5.74) is 3.25. The molecule has 1 saturated heterocycles. The zero-order valence-electron chi connectivity index (χ0n) is 16.9. The van der Waals surface area contributed by atoms with Crippen molar-refractivity contribution in [2.75, 3.05) is 31.5 Å². The lowest BCUT2D eigenvalue weighted by molar-refractivity contribution is 0.228. The van der Waals surface area contributed by atoms with Gasteiger partial charge in [-0.05, 0) is 69.2 Å². The second-order valence-electron chi connectivity index (χ2n) is 7.66. The van der Waals surface area contributed by atoms with Gasteiger partial charge in [0.25, 0.3) is 0 Å². The summed E-state index contributed by atoms with van der Waals surface area (Å²) in [6, 6.07) is 16.0. The highest BCUT2D eigenvalue weighted by atomic mass is 16.4. The molecule has 1 aliphatic heterocycles. The summed E-state index contributed by atoms with van der Waals surface area (Å²) in [5.74, 6) is 1.07. The molecule has 3 heterocycles. The van der Waals surface area contributed by atoms with E-state index in [-0.39, 0.29) is 0 Å². The zero-order valence-corrected chi connectivity index (χ0v) is 16.9. The van der Waals surface area contributed by atoms with Crippen LogP contribution in [0.25, 0.3) is 34.0 Å². The second kappa shape index (κ2) is 8.67. The van der Waals surface area contributed by atoms with Crippen molar-refractivity contribution in [1.29, 1.82) is 0 Å². The van der Waals surface area contributed by atoms with E-state index in [1.54, 1.807) is 0 Å². The molecule has 4 aromatic rings. The number of aromatic nitrogens is 3. The van der Waals surface area contributed by atoms with Crippen LogP contribution in [0.5, 0.6) is 0 Å². The average Bonchev–Trinajstić information content (AvgIpc) is 3.45. The van der Waals surface area contributed by atoms with Gasteiger partial charge in [-0.1, -0.05) is 29.7 Å². The molecule has 7 heteroatoms. The standard InChI is InChI=1S/C23H25N5O2/c1-3-8-17(9-4-1)21-25-19-11-10-18(16-20(19)29-21)22-26-27-23(30-22)24-12-7-15-28-13-5-2-6-14-28/h1,3-4,8-11,16H,2,5-7,12-15H2,(H,24,27). The molecule has 0 aliphatic carbocycles. The molecule has 1 N–H and O–H groups in total. The van der Waals surface area contributed by atoms with Crippen molar-refractivity contribution in [3.63, 3.8) is 0 Å². The van der Waals surface area contributed by atoms with Gasteiger partial charge in [-0.15, -0.1) is 5.10 Å². The van der Waals surface area contributed by atoms with Gasteiger partial charge in [-0.3, -0.25) is 0 Å². The van der Waals surface area contributed by atoms with Crippen molar-refractivity contribution < 1.29 is 8.83 Å². The Bertz CT molecular complexity index is 1100. The van der Waals surface area contributed by atoms with Gasteiger partial charge in [0.1, 0.15) is 5.52 Å². The lowest BCUT2D eigenvalue weighted by Crippen LogP contribution is -2.31. The molecule has 2 aromatic carbocycles. The van der Waals surface area contributed by atoms with Gasteiger partial charge in [0.05, 0.1) is 0 Å². The first-order valence-corrected chi connectivity index (χ1v) is 10.6. The number of fused-ring (bicyclic) bond motifs is 1. The number of nitrogens with one attached hydrogen (secondary N) is 1. The third-order valence-electron chi connectivity index (χ3n) is 5.46. The van der Waals surface area contributed by atoms with Crippen LogP contribution in [-0.4, -0.2) is 46.3 Å². The van der Waals surface area contributed by atoms with Crippen LogP contribution in [0.15, 0.2) is 57.4 Å². The zero-order chi connectivity index (χ0) is 20.2. The number of likely N-dealkylation sites (tertiary alicyclic amines) is 1. The summed E-state index contributed by atoms with van der Waals surface area (Å²) in [7, 11) is 0. The van der Waals surface area contributed by atoms with E-state index in [0.717, 1.165) is 36.2 Å². The van der Waals surface area contributed by atoms with Crippen LogP contribution in [0.4, 0.5) is 6.01 Å². The van der Waals surface area contributed by atoms with Gasteiger partial charge in [0.2, 0.25) is 11.8 Å². The second-order valence-corrected chi connectivity index (χ2v) is 7.66. The van der Waals surface area contributed by atoms with E-state index < -0.39 is 0 Å². The van der Waals surface area contributed by atoms with Crippen LogP contribution in [0.2, 0.25) is 0 Å². The van der Waals surface area contributed by atoms with E-state index in [1.165, 1.54) is 32.4 Å². The highest BCUT2D eigenvalue weighted by Crippen LogP contribution is 2.28. The molecule has 0 amide bonds. The number of oxazole rings is 1. The lowest BCUT2D eigenvalue weighted by atomic mass is 10.1. The van der Waals surface area contributed by atoms with E-state index in [1.807, 2.05) is 48.5 Å². The Hall–Kier alpha value is -3.19. The van der Waals surface area contributed by atoms with Crippen LogP contribution < -0.4 is 5.32 Å². The maximum atomic E-state index is 5.94. The number of nitrogens with zero attached hydrogens (tertiary/aromatic N) is 4. The summed E-state index contributed by atoms with van der Waals surface area (Å²) >= 11 is 0. The fourth-order valence-electron chi connectivity index (χ4n) is 3.85. The molecule has 0 unspecified atom stereocenters. The molecule has 1 fully saturated rings. The molecule has 0 atom stereocenters. The van der Waals surface area contributed by atoms with Crippen molar-refractivity contribution in [3.05, 3.63) is 48.5 Å². The molecule has 154 valence electrons. The summed E-state index contributed by atoms with van der Waals surface area (Å²) < 4.78 is 11.7. The Morgan fingerprint density at radius 1 is 0.867 bits per heavy atom. The lowest BCUT2D eigenvalue weighted by Gasteiger charge is -2.26. The van der Waals surface area contributed by atoms with Crippen LogP contribution in [0, 0.1) is 0 Å². The molecule has 0 radical (unpaired) electrons. The number of piperidine rings is 1. The summed E-state index contributed by atoms with van der Waals surface area (Å²) in [5, 5.41) is 11.5. The quantitative estimate of drug-likeness (QED) is 0.443. The topological polar surface area (TPSA) is 80.2 Å². The minimum absolute atomic E-state index is 0.450. The van der Waals surface area contributed by atoms with E-state index in [4.69, 9.17) is 8.83 Å². The van der Waals surface area contributed by atoms with Crippen molar-refractivity contribution >= 4 is 17.1 Å². The summed E-state index contributed by atoms with van der Waals surface area (Å²) in [4.78, 5) is 7.09. The first kappa shape index (κ1) is 18.8. The highest BCUT2D eigenvalue weighted by Gasteiger charge is 2.13. The van der Waals surface area contributed by atoms with Crippen molar-refractivity contribution in [3.8, 4) is 22.9 Å². The maximum Gasteiger partial charge on any atom is 0.315 e. The molecule has 1 aliphatic rings. The number of hydrogen-bond donors (Lipinski definition) is 1. The number of benzene rings is 2. The van der Waals surface area contributed by atoms with Gasteiger partial charge in [-0.2, -0.15) is 0 Å². The Kier molecular flexibility index (Phi) is 5.44. The molecule has 30 heavy (non-hydrogen) atoms. The Morgan fingerprint density at radius 3 is 2.60 bits per heavy atom. The van der Waals surface area contributed by atoms with Crippen LogP contribution in [-0.2, 0) is 0 Å². The molecule has 0 spiro atoms. The summed E-state index contributed by atoms with van der Waals surface area (Å²) in [6.07, 6.45) is 5.07. The van der Waals surface area contributed by atoms with E-state index in [9.17, 15) is 0 Å². The number of anilines is 1. The smallest absolute Gasteiger partial charge is 0.315 e. The molecule has 0 saturated carbocycles. The van der Waals surface area contributed by atoms with Gasteiger partial charge in [-0.25, -0.2) is 4.98 Å². The van der Waals surface area contributed by atoms with Gasteiger partial charge < -0.3 is 19.1 Å². The predicted octanol–water partition coefficient (Wildman–Crippen LogP) is 4.83. The molecule has 2 aromatic heterocycles. The van der Waals surface area contributed by atoms with Gasteiger partial charge in [0.15, 0.2) is 5.58 Å². The third kappa shape index (κ3) is 4.21. The maximum absolute atomic E-state index is 5.94. The highest BCUT2D eigenvalue weighted by molar-refractivity contribution is 5.80. The third-order valence-corrected chi connectivity index (χ3v) is 5.46. The Balaban J connectivity index is 1.23. The number of rotatable bonds is 7.